The van der Waals surface area contributed by atoms with Gasteiger partial charge in [0.25, 0.3) is 0 Å². The minimum absolute atomic E-state index is 0. The largest absolute Gasteiger partial charge is 0.481 e. The lowest BCUT2D eigenvalue weighted by atomic mass is 9.97. The van der Waals surface area contributed by atoms with E-state index >= 15 is 0 Å². The maximum Gasteiger partial charge on any atom is 0.307 e. The Hall–Kier alpha value is -1.62. The van der Waals surface area contributed by atoms with Gasteiger partial charge in [0, 0.05) is 18.0 Å². The molecule has 1 saturated heterocycles. The van der Waals surface area contributed by atoms with Gasteiger partial charge in [-0.25, -0.2) is 0 Å². The summed E-state index contributed by atoms with van der Waals surface area (Å²) >= 11 is 1.78. The number of aryl methyl sites for hydroxylation is 1. The molecule has 1 N–H and O–H groups in total. The summed E-state index contributed by atoms with van der Waals surface area (Å²) in [6, 6.07) is 12.7. The summed E-state index contributed by atoms with van der Waals surface area (Å²) < 4.78 is 0. The molecular formula is C21H26ClNO2S. The van der Waals surface area contributed by atoms with E-state index < -0.39 is 5.97 Å². The molecule has 0 aliphatic carbocycles. The molecule has 2 heterocycles. The van der Waals surface area contributed by atoms with Crippen LogP contribution in [0.15, 0.2) is 47.9 Å². The number of halogens is 1. The highest BCUT2D eigenvalue weighted by atomic mass is 35.5. The van der Waals surface area contributed by atoms with Gasteiger partial charge >= 0.3 is 5.97 Å². The fourth-order valence-corrected chi connectivity index (χ4v) is 4.45. The number of likely N-dealkylation sites (tertiary alicyclic amines) is 1. The van der Waals surface area contributed by atoms with Crippen molar-refractivity contribution in [1.82, 2.24) is 4.90 Å². The molecule has 0 spiro atoms. The first-order chi connectivity index (χ1) is 12.1. The summed E-state index contributed by atoms with van der Waals surface area (Å²) in [5.74, 6) is -0.856. The molecule has 1 unspecified atom stereocenters. The second kappa shape index (κ2) is 9.91. The van der Waals surface area contributed by atoms with Gasteiger partial charge < -0.3 is 10.0 Å². The smallest absolute Gasteiger partial charge is 0.307 e. The standard InChI is InChI=1S/C21H25NO2S.ClH/c1-16-11-14-25-20(16)19(17-7-3-2-4-8-17)10-6-13-22-12-5-9-18(15-22)21(23)24;/h2-4,7-8,10-11,14,18H,5-6,9,12-13,15H2,1H3,(H,23,24);1H. The molecule has 3 rings (SSSR count). The van der Waals surface area contributed by atoms with Gasteiger partial charge in [-0.05, 0) is 60.9 Å². The molecule has 1 aromatic carbocycles. The predicted molar refractivity (Wildman–Crippen MR) is 111 cm³/mol. The Morgan fingerprint density at radius 1 is 1.31 bits per heavy atom. The highest BCUT2D eigenvalue weighted by Gasteiger charge is 2.24. The second-order valence-corrected chi connectivity index (χ2v) is 7.60. The van der Waals surface area contributed by atoms with E-state index in [1.807, 2.05) is 6.07 Å². The molecular weight excluding hydrogens is 366 g/mol. The lowest BCUT2D eigenvalue weighted by Crippen LogP contribution is -2.39. The van der Waals surface area contributed by atoms with Gasteiger partial charge in [0.1, 0.15) is 0 Å². The Labute approximate surface area is 165 Å². The molecule has 1 aromatic heterocycles. The third-order valence-electron chi connectivity index (χ3n) is 4.84. The van der Waals surface area contributed by atoms with Crippen molar-refractivity contribution in [1.29, 1.82) is 0 Å². The van der Waals surface area contributed by atoms with Crippen LogP contribution in [0.3, 0.4) is 0 Å². The molecule has 140 valence electrons. The molecule has 0 saturated carbocycles. The topological polar surface area (TPSA) is 40.5 Å². The molecule has 2 aromatic rings. The molecule has 1 aliphatic heterocycles. The highest BCUT2D eigenvalue weighted by molar-refractivity contribution is 7.11. The van der Waals surface area contributed by atoms with Crippen LogP contribution in [0.4, 0.5) is 0 Å². The number of hydrogen-bond donors (Lipinski definition) is 1. The van der Waals surface area contributed by atoms with E-state index in [9.17, 15) is 9.90 Å². The number of carboxylic acid groups (broad SMARTS) is 1. The zero-order valence-corrected chi connectivity index (χ0v) is 16.7. The van der Waals surface area contributed by atoms with Crippen LogP contribution in [0.1, 0.15) is 35.3 Å². The van der Waals surface area contributed by atoms with Crippen molar-refractivity contribution in [2.75, 3.05) is 19.6 Å². The predicted octanol–water partition coefficient (Wildman–Crippen LogP) is 5.10. The van der Waals surface area contributed by atoms with Crippen LogP contribution in [-0.2, 0) is 4.79 Å². The number of rotatable bonds is 6. The Bertz CT molecular complexity index is 741. The van der Waals surface area contributed by atoms with Gasteiger partial charge in [-0.1, -0.05) is 36.4 Å². The number of carboxylic acids is 1. The average Bonchev–Trinajstić information content (AvgIpc) is 3.05. The van der Waals surface area contributed by atoms with E-state index in [1.54, 1.807) is 11.3 Å². The van der Waals surface area contributed by atoms with Gasteiger partial charge in [-0.2, -0.15) is 0 Å². The maximum absolute atomic E-state index is 11.2. The number of aliphatic carboxylic acids is 1. The van der Waals surface area contributed by atoms with E-state index in [2.05, 4.69) is 53.6 Å². The molecule has 0 radical (unpaired) electrons. The van der Waals surface area contributed by atoms with E-state index in [0.29, 0.717) is 6.54 Å². The lowest BCUT2D eigenvalue weighted by Gasteiger charge is -2.30. The van der Waals surface area contributed by atoms with Crippen LogP contribution in [0.5, 0.6) is 0 Å². The molecule has 26 heavy (non-hydrogen) atoms. The fourth-order valence-electron chi connectivity index (χ4n) is 3.46. The summed E-state index contributed by atoms with van der Waals surface area (Å²) in [5, 5.41) is 11.4. The van der Waals surface area contributed by atoms with Gasteiger partial charge in [0.05, 0.1) is 5.92 Å². The van der Waals surface area contributed by atoms with E-state index in [0.717, 1.165) is 32.4 Å². The molecule has 0 bridgehead atoms. The number of benzene rings is 1. The summed E-state index contributed by atoms with van der Waals surface area (Å²) in [4.78, 5) is 14.8. The quantitative estimate of drug-likeness (QED) is 0.744. The van der Waals surface area contributed by atoms with Crippen molar-refractivity contribution >= 4 is 35.3 Å². The number of carbonyl (C=O) groups is 1. The van der Waals surface area contributed by atoms with Crippen LogP contribution in [0.25, 0.3) is 5.57 Å². The third-order valence-corrected chi connectivity index (χ3v) is 5.89. The van der Waals surface area contributed by atoms with Crippen LogP contribution in [0, 0.1) is 12.8 Å². The lowest BCUT2D eigenvalue weighted by molar-refractivity contribution is -0.143. The van der Waals surface area contributed by atoms with E-state index in [4.69, 9.17) is 0 Å². The minimum Gasteiger partial charge on any atom is -0.481 e. The van der Waals surface area contributed by atoms with E-state index in [-0.39, 0.29) is 18.3 Å². The van der Waals surface area contributed by atoms with Crippen molar-refractivity contribution in [3.63, 3.8) is 0 Å². The normalized spacial score (nSPS) is 18.3. The molecule has 0 amide bonds. The molecule has 3 nitrogen and oxygen atoms in total. The maximum atomic E-state index is 11.2. The molecule has 1 aliphatic rings. The average molecular weight is 392 g/mol. The number of nitrogens with zero attached hydrogens (tertiary/aromatic N) is 1. The summed E-state index contributed by atoms with van der Waals surface area (Å²) in [6.45, 7) is 4.77. The van der Waals surface area contributed by atoms with Gasteiger partial charge in [0.2, 0.25) is 0 Å². The second-order valence-electron chi connectivity index (χ2n) is 6.68. The third kappa shape index (κ3) is 5.19. The molecule has 1 atom stereocenters. The van der Waals surface area contributed by atoms with Crippen LogP contribution < -0.4 is 0 Å². The first kappa shape index (κ1) is 20.7. The Balaban J connectivity index is 0.00000243. The van der Waals surface area contributed by atoms with Crippen molar-refractivity contribution in [3.05, 3.63) is 63.9 Å². The van der Waals surface area contributed by atoms with Crippen LogP contribution in [-0.4, -0.2) is 35.6 Å². The van der Waals surface area contributed by atoms with Gasteiger partial charge in [-0.3, -0.25) is 4.79 Å². The summed E-state index contributed by atoms with van der Waals surface area (Å²) in [5.41, 5.74) is 3.85. The number of piperidine rings is 1. The number of hydrogen-bond acceptors (Lipinski definition) is 3. The first-order valence-corrected chi connectivity index (χ1v) is 9.78. The van der Waals surface area contributed by atoms with Crippen LogP contribution >= 0.6 is 23.7 Å². The van der Waals surface area contributed by atoms with Crippen molar-refractivity contribution in [2.24, 2.45) is 5.92 Å². The van der Waals surface area contributed by atoms with Crippen LogP contribution in [0.2, 0.25) is 0 Å². The number of thiophene rings is 1. The zero-order chi connectivity index (χ0) is 17.6. The minimum atomic E-state index is -0.653. The Kier molecular flexibility index (Phi) is 7.88. The highest BCUT2D eigenvalue weighted by Crippen LogP contribution is 2.31. The van der Waals surface area contributed by atoms with Gasteiger partial charge in [0.15, 0.2) is 0 Å². The van der Waals surface area contributed by atoms with E-state index in [1.165, 1.54) is 21.6 Å². The fraction of sp³-hybridized carbons (Fsp3) is 0.381. The summed E-state index contributed by atoms with van der Waals surface area (Å²) in [7, 11) is 0. The summed E-state index contributed by atoms with van der Waals surface area (Å²) in [6.07, 6.45) is 5.05. The van der Waals surface area contributed by atoms with Gasteiger partial charge in [-0.15, -0.1) is 23.7 Å². The van der Waals surface area contributed by atoms with Crippen molar-refractivity contribution < 1.29 is 9.90 Å². The zero-order valence-electron chi connectivity index (χ0n) is 15.1. The molecule has 1 fully saturated rings. The Morgan fingerprint density at radius 3 is 2.73 bits per heavy atom. The van der Waals surface area contributed by atoms with Crippen molar-refractivity contribution in [2.45, 2.75) is 26.2 Å². The Morgan fingerprint density at radius 2 is 2.08 bits per heavy atom. The first-order valence-electron chi connectivity index (χ1n) is 8.90. The van der Waals surface area contributed by atoms with Crippen molar-refractivity contribution in [3.8, 4) is 0 Å². The monoisotopic (exact) mass is 391 g/mol. The molecule has 5 heteroatoms. The SMILES string of the molecule is Cc1ccsc1C(=CCCN1CCCC(C(=O)O)C1)c1ccccc1.Cl.